The zero-order valence-electron chi connectivity index (χ0n) is 11.3. The fraction of sp³-hybridized carbons (Fsp3) is 0.750. The Morgan fingerprint density at radius 1 is 1.42 bits per heavy atom. The molecule has 1 unspecified atom stereocenters. The number of carboxylic acids is 1. The van der Waals surface area contributed by atoms with E-state index in [1.807, 2.05) is 13.8 Å². The highest BCUT2D eigenvalue weighted by Gasteiger charge is 2.48. The summed E-state index contributed by atoms with van der Waals surface area (Å²) in [5.41, 5.74) is 4.24. The lowest BCUT2D eigenvalue weighted by atomic mass is 9.76. The Balaban J connectivity index is 2.62. The van der Waals surface area contributed by atoms with Gasteiger partial charge >= 0.3 is 5.97 Å². The standard InChI is InChI=1S/C12H21N3O4/c1-8(2)12(11(18)19)3-4-15(7-12)10(17)6-14-9(16)5-13/h8H,3-7,13H2,1-2H3,(H,14,16)(H,18,19). The Labute approximate surface area is 112 Å². The average Bonchev–Trinajstić information content (AvgIpc) is 2.81. The Morgan fingerprint density at radius 2 is 2.05 bits per heavy atom. The molecule has 1 saturated heterocycles. The van der Waals surface area contributed by atoms with E-state index in [4.69, 9.17) is 5.73 Å². The number of carbonyl (C=O) groups excluding carboxylic acids is 2. The average molecular weight is 271 g/mol. The molecule has 0 radical (unpaired) electrons. The fourth-order valence-electron chi connectivity index (χ4n) is 2.30. The summed E-state index contributed by atoms with van der Waals surface area (Å²) in [6, 6.07) is 0. The summed E-state index contributed by atoms with van der Waals surface area (Å²) in [5, 5.41) is 11.8. The molecule has 0 aromatic heterocycles. The molecule has 0 aromatic carbocycles. The Hall–Kier alpha value is -1.63. The molecule has 0 spiro atoms. The van der Waals surface area contributed by atoms with Crippen LogP contribution in [-0.4, -0.2) is 54.0 Å². The molecule has 0 aromatic rings. The topological polar surface area (TPSA) is 113 Å². The highest BCUT2D eigenvalue weighted by Crippen LogP contribution is 2.38. The second kappa shape index (κ2) is 6.01. The van der Waals surface area contributed by atoms with Crippen molar-refractivity contribution in [2.24, 2.45) is 17.1 Å². The molecule has 108 valence electrons. The van der Waals surface area contributed by atoms with E-state index in [0.29, 0.717) is 13.0 Å². The zero-order chi connectivity index (χ0) is 14.6. The molecule has 4 N–H and O–H groups in total. The number of carbonyl (C=O) groups is 3. The fourth-order valence-corrected chi connectivity index (χ4v) is 2.30. The van der Waals surface area contributed by atoms with E-state index < -0.39 is 17.3 Å². The zero-order valence-corrected chi connectivity index (χ0v) is 11.3. The summed E-state index contributed by atoms with van der Waals surface area (Å²) >= 11 is 0. The first kappa shape index (κ1) is 15.4. The largest absolute Gasteiger partial charge is 0.481 e. The smallest absolute Gasteiger partial charge is 0.311 e. The van der Waals surface area contributed by atoms with Gasteiger partial charge < -0.3 is 21.1 Å². The number of likely N-dealkylation sites (tertiary alicyclic amines) is 1. The van der Waals surface area contributed by atoms with Gasteiger partial charge in [-0.3, -0.25) is 14.4 Å². The molecular weight excluding hydrogens is 250 g/mol. The maximum atomic E-state index is 11.9. The molecule has 7 heteroatoms. The Kier molecular flexibility index (Phi) is 4.88. The lowest BCUT2D eigenvalue weighted by Crippen LogP contribution is -2.44. The van der Waals surface area contributed by atoms with Crippen LogP contribution in [0.4, 0.5) is 0 Å². The van der Waals surface area contributed by atoms with Gasteiger partial charge in [0.25, 0.3) is 0 Å². The van der Waals surface area contributed by atoms with Crippen LogP contribution < -0.4 is 11.1 Å². The number of hydrogen-bond donors (Lipinski definition) is 3. The third-order valence-electron chi connectivity index (χ3n) is 3.81. The number of rotatable bonds is 5. The van der Waals surface area contributed by atoms with Crippen molar-refractivity contribution in [2.75, 3.05) is 26.2 Å². The van der Waals surface area contributed by atoms with Gasteiger partial charge in [0.2, 0.25) is 11.8 Å². The second-order valence-electron chi connectivity index (χ2n) is 5.16. The first-order chi connectivity index (χ1) is 8.83. The molecule has 1 rings (SSSR count). The Bertz CT molecular complexity index is 383. The van der Waals surface area contributed by atoms with E-state index in [1.165, 1.54) is 4.90 Å². The maximum Gasteiger partial charge on any atom is 0.311 e. The minimum atomic E-state index is -0.881. The van der Waals surface area contributed by atoms with Crippen LogP contribution in [0, 0.1) is 11.3 Å². The molecule has 0 bridgehead atoms. The van der Waals surface area contributed by atoms with Gasteiger partial charge in [0.15, 0.2) is 0 Å². The van der Waals surface area contributed by atoms with E-state index in [0.717, 1.165) is 0 Å². The third kappa shape index (κ3) is 3.23. The van der Waals surface area contributed by atoms with Crippen molar-refractivity contribution in [3.8, 4) is 0 Å². The molecule has 7 nitrogen and oxygen atoms in total. The van der Waals surface area contributed by atoms with Gasteiger partial charge in [-0.1, -0.05) is 13.8 Å². The number of hydrogen-bond acceptors (Lipinski definition) is 4. The lowest BCUT2D eigenvalue weighted by molar-refractivity contribution is -0.151. The number of carboxylic acid groups (broad SMARTS) is 1. The predicted molar refractivity (Wildman–Crippen MR) is 68.2 cm³/mol. The quantitative estimate of drug-likeness (QED) is 0.595. The predicted octanol–water partition coefficient (Wildman–Crippen LogP) is -0.979. The van der Waals surface area contributed by atoms with E-state index in [-0.39, 0.29) is 31.5 Å². The van der Waals surface area contributed by atoms with Gasteiger partial charge in [-0.15, -0.1) is 0 Å². The van der Waals surface area contributed by atoms with Gasteiger partial charge in [-0.05, 0) is 12.3 Å². The summed E-state index contributed by atoms with van der Waals surface area (Å²) in [7, 11) is 0. The lowest BCUT2D eigenvalue weighted by Gasteiger charge is -2.28. The minimum absolute atomic E-state index is 0.0542. The van der Waals surface area contributed by atoms with Crippen molar-refractivity contribution in [2.45, 2.75) is 20.3 Å². The molecule has 1 aliphatic heterocycles. The van der Waals surface area contributed by atoms with Gasteiger partial charge in [-0.2, -0.15) is 0 Å². The number of nitrogens with zero attached hydrogens (tertiary/aromatic N) is 1. The summed E-state index contributed by atoms with van der Waals surface area (Å²) in [5.74, 6) is -1.60. The van der Waals surface area contributed by atoms with Crippen LogP contribution in [0.2, 0.25) is 0 Å². The van der Waals surface area contributed by atoms with Crippen molar-refractivity contribution in [3.63, 3.8) is 0 Å². The van der Waals surface area contributed by atoms with Crippen LogP contribution in [0.5, 0.6) is 0 Å². The maximum absolute atomic E-state index is 11.9. The third-order valence-corrected chi connectivity index (χ3v) is 3.81. The SMILES string of the molecule is CC(C)C1(C(=O)O)CCN(C(=O)CNC(=O)CN)C1. The summed E-state index contributed by atoms with van der Waals surface area (Å²) < 4.78 is 0. The van der Waals surface area contributed by atoms with Crippen LogP contribution in [0.25, 0.3) is 0 Å². The van der Waals surface area contributed by atoms with Crippen LogP contribution >= 0.6 is 0 Å². The highest BCUT2D eigenvalue weighted by atomic mass is 16.4. The molecule has 0 aliphatic carbocycles. The monoisotopic (exact) mass is 271 g/mol. The minimum Gasteiger partial charge on any atom is -0.481 e. The van der Waals surface area contributed by atoms with Crippen molar-refractivity contribution >= 4 is 17.8 Å². The number of nitrogens with two attached hydrogens (primary N) is 1. The molecular formula is C12H21N3O4. The van der Waals surface area contributed by atoms with Gasteiger partial charge in [-0.25, -0.2) is 0 Å². The van der Waals surface area contributed by atoms with Gasteiger partial charge in [0.05, 0.1) is 18.5 Å². The van der Waals surface area contributed by atoms with Crippen LogP contribution in [0.1, 0.15) is 20.3 Å². The first-order valence-corrected chi connectivity index (χ1v) is 6.31. The van der Waals surface area contributed by atoms with E-state index in [2.05, 4.69) is 5.32 Å². The Morgan fingerprint density at radius 3 is 2.47 bits per heavy atom. The molecule has 0 saturated carbocycles. The summed E-state index contributed by atoms with van der Waals surface area (Å²) in [4.78, 5) is 35.8. The molecule has 1 aliphatic rings. The van der Waals surface area contributed by atoms with Crippen LogP contribution in [0.3, 0.4) is 0 Å². The van der Waals surface area contributed by atoms with E-state index in [9.17, 15) is 19.5 Å². The molecule has 1 heterocycles. The van der Waals surface area contributed by atoms with Crippen molar-refractivity contribution < 1.29 is 19.5 Å². The van der Waals surface area contributed by atoms with Crippen LogP contribution in [0.15, 0.2) is 0 Å². The number of nitrogens with one attached hydrogen (secondary N) is 1. The first-order valence-electron chi connectivity index (χ1n) is 6.31. The second-order valence-corrected chi connectivity index (χ2v) is 5.16. The molecule has 2 amide bonds. The summed E-state index contributed by atoms with van der Waals surface area (Å²) in [6.07, 6.45) is 0.441. The number of aliphatic carboxylic acids is 1. The van der Waals surface area contributed by atoms with Gasteiger partial charge in [0.1, 0.15) is 0 Å². The van der Waals surface area contributed by atoms with E-state index in [1.54, 1.807) is 0 Å². The molecule has 1 atom stereocenters. The van der Waals surface area contributed by atoms with E-state index >= 15 is 0 Å². The normalized spacial score (nSPS) is 22.6. The van der Waals surface area contributed by atoms with Gasteiger partial charge in [0, 0.05) is 13.1 Å². The van der Waals surface area contributed by atoms with Crippen molar-refractivity contribution in [1.82, 2.24) is 10.2 Å². The van der Waals surface area contributed by atoms with Crippen LogP contribution in [-0.2, 0) is 14.4 Å². The number of amides is 2. The highest BCUT2D eigenvalue weighted by molar-refractivity contribution is 5.86. The molecule has 19 heavy (non-hydrogen) atoms. The summed E-state index contributed by atoms with van der Waals surface area (Å²) in [6.45, 7) is 3.98. The van der Waals surface area contributed by atoms with Crippen molar-refractivity contribution in [3.05, 3.63) is 0 Å². The van der Waals surface area contributed by atoms with Crippen molar-refractivity contribution in [1.29, 1.82) is 0 Å². The molecule has 1 fully saturated rings.